The maximum absolute atomic E-state index is 14.0. The van der Waals surface area contributed by atoms with E-state index in [0.717, 1.165) is 23.9 Å². The minimum Gasteiger partial charge on any atom is -0.406 e. The fourth-order valence-corrected chi connectivity index (χ4v) is 3.30. The lowest BCUT2D eigenvalue weighted by atomic mass is 10.2. The van der Waals surface area contributed by atoms with Crippen LogP contribution in [0.4, 0.5) is 23.2 Å². The summed E-state index contributed by atoms with van der Waals surface area (Å²) in [6, 6.07) is 11.0. The molecule has 1 atom stereocenters. The zero-order valence-corrected chi connectivity index (χ0v) is 16.6. The Labute approximate surface area is 173 Å². The Bertz CT molecular complexity index is 1040. The van der Waals surface area contributed by atoms with Gasteiger partial charge in [-0.25, -0.2) is 4.39 Å². The minimum absolute atomic E-state index is 0.289. The minimum atomic E-state index is -4.78. The van der Waals surface area contributed by atoms with E-state index in [-0.39, 0.29) is 17.2 Å². The summed E-state index contributed by atoms with van der Waals surface area (Å²) in [6.07, 6.45) is -4.78. The summed E-state index contributed by atoms with van der Waals surface area (Å²) in [5.41, 5.74) is 0.601. The molecule has 2 aromatic carbocycles. The third kappa shape index (κ3) is 5.29. The average Bonchev–Trinajstić information content (AvgIpc) is 3.03. The molecule has 0 saturated carbocycles. The topological polar surface area (TPSA) is 69.0 Å². The summed E-state index contributed by atoms with van der Waals surface area (Å²) >= 11 is 1.11. The molecular weight excluding hydrogens is 424 g/mol. The molecule has 0 saturated heterocycles. The van der Waals surface area contributed by atoms with E-state index in [0.29, 0.717) is 16.7 Å². The number of nitrogens with zero attached hydrogens (tertiary/aromatic N) is 3. The lowest BCUT2D eigenvalue weighted by Crippen LogP contribution is -2.23. The number of hydrogen-bond donors (Lipinski definition) is 1. The van der Waals surface area contributed by atoms with Crippen LogP contribution in [-0.2, 0) is 11.8 Å². The highest BCUT2D eigenvalue weighted by Crippen LogP contribution is 2.28. The van der Waals surface area contributed by atoms with E-state index in [1.54, 1.807) is 36.7 Å². The third-order valence-corrected chi connectivity index (χ3v) is 5.09. The summed E-state index contributed by atoms with van der Waals surface area (Å²) in [7, 11) is 1.66. The molecule has 3 rings (SSSR count). The van der Waals surface area contributed by atoms with Gasteiger partial charge in [0.25, 0.3) is 0 Å². The number of aromatic nitrogens is 3. The van der Waals surface area contributed by atoms with Crippen molar-refractivity contribution in [2.75, 3.05) is 5.32 Å². The van der Waals surface area contributed by atoms with Gasteiger partial charge in [-0.05, 0) is 43.3 Å². The number of rotatable bonds is 6. The van der Waals surface area contributed by atoms with Crippen LogP contribution >= 0.6 is 11.8 Å². The Kier molecular flexibility index (Phi) is 6.30. The van der Waals surface area contributed by atoms with Crippen molar-refractivity contribution in [3.63, 3.8) is 0 Å². The smallest absolute Gasteiger partial charge is 0.406 e. The van der Waals surface area contributed by atoms with Gasteiger partial charge in [0.15, 0.2) is 11.0 Å². The zero-order valence-electron chi connectivity index (χ0n) is 15.8. The van der Waals surface area contributed by atoms with E-state index in [1.165, 1.54) is 18.2 Å². The average molecular weight is 440 g/mol. The maximum Gasteiger partial charge on any atom is 0.573 e. The molecule has 1 heterocycles. The molecule has 1 unspecified atom stereocenters. The van der Waals surface area contributed by atoms with Crippen molar-refractivity contribution in [3.8, 4) is 17.1 Å². The first kappa shape index (κ1) is 21.6. The largest absolute Gasteiger partial charge is 0.573 e. The van der Waals surface area contributed by atoms with Gasteiger partial charge in [0, 0.05) is 12.7 Å². The number of halogens is 4. The summed E-state index contributed by atoms with van der Waals surface area (Å²) in [6.45, 7) is 1.64. The van der Waals surface area contributed by atoms with Crippen LogP contribution in [-0.4, -0.2) is 32.3 Å². The Hall–Kier alpha value is -3.08. The van der Waals surface area contributed by atoms with E-state index in [1.807, 2.05) is 0 Å². The second-order valence-corrected chi connectivity index (χ2v) is 7.47. The van der Waals surface area contributed by atoms with Gasteiger partial charge in [-0.2, -0.15) is 0 Å². The summed E-state index contributed by atoms with van der Waals surface area (Å²) in [4.78, 5) is 12.4. The first-order valence-electron chi connectivity index (χ1n) is 8.61. The van der Waals surface area contributed by atoms with Crippen LogP contribution in [0.5, 0.6) is 5.75 Å². The number of carbonyl (C=O) groups is 1. The molecular formula is C19H16F4N4O2S. The van der Waals surface area contributed by atoms with Crippen molar-refractivity contribution in [1.82, 2.24) is 14.8 Å². The molecule has 0 radical (unpaired) electrons. The molecule has 0 bridgehead atoms. The monoisotopic (exact) mass is 440 g/mol. The van der Waals surface area contributed by atoms with Crippen LogP contribution in [0.25, 0.3) is 11.4 Å². The molecule has 30 heavy (non-hydrogen) atoms. The van der Waals surface area contributed by atoms with Crippen LogP contribution in [0.1, 0.15) is 6.92 Å². The number of ether oxygens (including phenoxy) is 1. The number of anilines is 1. The highest BCUT2D eigenvalue weighted by Gasteiger charge is 2.31. The van der Waals surface area contributed by atoms with Crippen molar-refractivity contribution >= 4 is 23.4 Å². The Morgan fingerprint density at radius 2 is 1.80 bits per heavy atom. The van der Waals surface area contributed by atoms with Crippen molar-refractivity contribution in [1.29, 1.82) is 0 Å². The quantitative estimate of drug-likeness (QED) is 0.447. The second kappa shape index (κ2) is 8.74. The number of hydrogen-bond acceptors (Lipinski definition) is 5. The number of carbonyl (C=O) groups excluding carboxylic acids is 1. The molecule has 1 N–H and O–H groups in total. The molecule has 0 aliphatic carbocycles. The first-order valence-corrected chi connectivity index (χ1v) is 9.49. The van der Waals surface area contributed by atoms with E-state index in [9.17, 15) is 22.4 Å². The van der Waals surface area contributed by atoms with Gasteiger partial charge in [0.2, 0.25) is 5.91 Å². The molecule has 0 fully saturated rings. The molecule has 1 amide bonds. The van der Waals surface area contributed by atoms with Gasteiger partial charge in [-0.15, -0.1) is 23.4 Å². The normalized spacial score (nSPS) is 12.5. The first-order chi connectivity index (χ1) is 14.1. The molecule has 0 aliphatic heterocycles. The fraction of sp³-hybridized carbons (Fsp3) is 0.211. The summed E-state index contributed by atoms with van der Waals surface area (Å²) in [5, 5.41) is 10.4. The lowest BCUT2D eigenvalue weighted by molar-refractivity contribution is -0.274. The zero-order chi connectivity index (χ0) is 21.9. The highest BCUT2D eigenvalue weighted by atomic mass is 32.2. The van der Waals surface area contributed by atoms with Gasteiger partial charge >= 0.3 is 6.36 Å². The number of benzene rings is 2. The highest BCUT2D eigenvalue weighted by molar-refractivity contribution is 8.00. The van der Waals surface area contributed by atoms with E-state index in [4.69, 9.17) is 0 Å². The predicted molar refractivity (Wildman–Crippen MR) is 103 cm³/mol. The lowest BCUT2D eigenvalue weighted by Gasteiger charge is -2.13. The standard InChI is InChI=1S/C19H16F4N4O2S/c1-11(17(28)24-12-7-9-13(10-8-12)29-19(21,22)23)30-18-26-25-16(27(18)2)14-5-3-4-6-15(14)20/h3-11H,1-2H3,(H,24,28). The van der Waals surface area contributed by atoms with Gasteiger partial charge in [0.1, 0.15) is 11.6 Å². The van der Waals surface area contributed by atoms with Crippen LogP contribution in [0, 0.1) is 5.82 Å². The molecule has 6 nitrogen and oxygen atoms in total. The van der Waals surface area contributed by atoms with Crippen molar-refractivity contribution in [3.05, 3.63) is 54.3 Å². The van der Waals surface area contributed by atoms with Gasteiger partial charge in [-0.1, -0.05) is 23.9 Å². The maximum atomic E-state index is 14.0. The van der Waals surface area contributed by atoms with Crippen LogP contribution in [0.2, 0.25) is 0 Å². The molecule has 158 valence electrons. The molecule has 0 spiro atoms. The predicted octanol–water partition coefficient (Wildman–Crippen LogP) is 4.64. The van der Waals surface area contributed by atoms with E-state index in [2.05, 4.69) is 20.3 Å². The molecule has 11 heteroatoms. The molecule has 3 aromatic rings. The van der Waals surface area contributed by atoms with Gasteiger partial charge in [0.05, 0.1) is 10.8 Å². The number of amides is 1. The van der Waals surface area contributed by atoms with Gasteiger partial charge in [-0.3, -0.25) is 4.79 Å². The Morgan fingerprint density at radius 3 is 2.43 bits per heavy atom. The third-order valence-electron chi connectivity index (χ3n) is 3.96. The Morgan fingerprint density at radius 1 is 1.13 bits per heavy atom. The number of nitrogens with one attached hydrogen (secondary N) is 1. The van der Waals surface area contributed by atoms with Crippen LogP contribution in [0.3, 0.4) is 0 Å². The number of alkyl halides is 3. The SMILES string of the molecule is CC(Sc1nnc(-c2ccccc2F)n1C)C(=O)Nc1ccc(OC(F)(F)F)cc1. The second-order valence-electron chi connectivity index (χ2n) is 6.17. The van der Waals surface area contributed by atoms with Gasteiger partial charge < -0.3 is 14.6 Å². The molecule has 0 aliphatic rings. The van der Waals surface area contributed by atoms with E-state index < -0.39 is 17.4 Å². The Balaban J connectivity index is 1.64. The summed E-state index contributed by atoms with van der Waals surface area (Å²) < 4.78 is 56.0. The fourth-order valence-electron chi connectivity index (χ4n) is 2.49. The van der Waals surface area contributed by atoms with Crippen LogP contribution < -0.4 is 10.1 Å². The van der Waals surface area contributed by atoms with Crippen molar-refractivity contribution < 1.29 is 27.1 Å². The van der Waals surface area contributed by atoms with Crippen molar-refractivity contribution in [2.24, 2.45) is 7.05 Å². The van der Waals surface area contributed by atoms with Crippen LogP contribution in [0.15, 0.2) is 53.7 Å². The number of thioether (sulfide) groups is 1. The van der Waals surface area contributed by atoms with E-state index >= 15 is 0 Å². The summed E-state index contributed by atoms with van der Waals surface area (Å²) in [5.74, 6) is -0.889. The van der Waals surface area contributed by atoms with Crippen molar-refractivity contribution in [2.45, 2.75) is 23.7 Å². The molecule has 1 aromatic heterocycles.